The van der Waals surface area contributed by atoms with E-state index in [0.717, 1.165) is 38.9 Å². The second kappa shape index (κ2) is 7.75. The van der Waals surface area contributed by atoms with Crippen molar-refractivity contribution < 1.29 is 4.79 Å². The number of nitrogens with zero attached hydrogens (tertiary/aromatic N) is 2. The first kappa shape index (κ1) is 18.0. The van der Waals surface area contributed by atoms with Crippen LogP contribution in [0.2, 0.25) is 0 Å². The first-order chi connectivity index (χ1) is 14.8. The van der Waals surface area contributed by atoms with E-state index in [1.807, 2.05) is 79.1 Å². The minimum absolute atomic E-state index is 0.196. The van der Waals surface area contributed by atoms with Gasteiger partial charge in [-0.15, -0.1) is 0 Å². The molecule has 148 valence electrons. The van der Waals surface area contributed by atoms with E-state index in [1.165, 1.54) is 0 Å². The van der Waals surface area contributed by atoms with E-state index in [0.29, 0.717) is 13.1 Å². The van der Waals surface area contributed by atoms with Gasteiger partial charge in [-0.05, 0) is 47.3 Å². The quantitative estimate of drug-likeness (QED) is 0.410. The number of nitrogens with one attached hydrogen (secondary N) is 3. The lowest BCUT2D eigenvalue weighted by molar-refractivity contribution is 0.240. The molecule has 5 aromatic rings. The minimum atomic E-state index is -0.196. The monoisotopic (exact) mass is 395 g/mol. The average Bonchev–Trinajstić information content (AvgIpc) is 3.40. The summed E-state index contributed by atoms with van der Waals surface area (Å²) in [4.78, 5) is 19.9. The molecule has 0 spiro atoms. The summed E-state index contributed by atoms with van der Waals surface area (Å²) >= 11 is 0. The Morgan fingerprint density at radius 1 is 0.900 bits per heavy atom. The van der Waals surface area contributed by atoms with E-state index < -0.39 is 0 Å². The number of H-pyrrole nitrogens is 1. The average molecular weight is 395 g/mol. The van der Waals surface area contributed by atoms with Crippen LogP contribution in [0.25, 0.3) is 27.6 Å². The number of aromatic amines is 1. The standard InChI is InChI=1S/C24H21N5O/c30-24(26-15-19-13-18-5-1-2-6-21(18)28-19)25-14-17-9-11-20(12-10-17)29-16-27-22-7-3-4-8-23(22)29/h1-13,16,28H,14-15H2,(H2,25,26,30). The van der Waals surface area contributed by atoms with Crippen molar-refractivity contribution in [3.63, 3.8) is 0 Å². The number of para-hydroxylation sites is 3. The SMILES string of the molecule is O=C(NCc1ccc(-n2cnc3ccccc32)cc1)NCc1cc2ccccc2[nH]1. The first-order valence-corrected chi connectivity index (χ1v) is 9.86. The molecule has 30 heavy (non-hydrogen) atoms. The Hall–Kier alpha value is -4.06. The highest BCUT2D eigenvalue weighted by atomic mass is 16.2. The normalized spacial score (nSPS) is 11.1. The van der Waals surface area contributed by atoms with Gasteiger partial charge in [-0.2, -0.15) is 0 Å². The number of amides is 2. The van der Waals surface area contributed by atoms with Crippen molar-refractivity contribution in [2.24, 2.45) is 0 Å². The summed E-state index contributed by atoms with van der Waals surface area (Å²) in [6.07, 6.45) is 1.83. The molecule has 3 N–H and O–H groups in total. The van der Waals surface area contributed by atoms with Gasteiger partial charge in [0.25, 0.3) is 0 Å². The molecule has 2 heterocycles. The van der Waals surface area contributed by atoms with Crippen LogP contribution in [0.5, 0.6) is 0 Å². The molecule has 0 atom stereocenters. The van der Waals surface area contributed by atoms with E-state index in [9.17, 15) is 4.79 Å². The Kier molecular flexibility index (Phi) is 4.65. The summed E-state index contributed by atoms with van der Waals surface area (Å²) in [7, 11) is 0. The third kappa shape index (κ3) is 3.63. The molecule has 0 aliphatic heterocycles. The number of benzene rings is 3. The fourth-order valence-corrected chi connectivity index (χ4v) is 3.59. The fraction of sp³-hybridized carbons (Fsp3) is 0.0833. The van der Waals surface area contributed by atoms with Gasteiger partial charge in [0.1, 0.15) is 6.33 Å². The van der Waals surface area contributed by atoms with Gasteiger partial charge in [-0.3, -0.25) is 4.57 Å². The third-order valence-electron chi connectivity index (χ3n) is 5.15. The number of carbonyl (C=O) groups excluding carboxylic acids is 1. The van der Waals surface area contributed by atoms with Crippen molar-refractivity contribution in [3.05, 3.63) is 96.4 Å². The maximum atomic E-state index is 12.2. The van der Waals surface area contributed by atoms with Crippen LogP contribution in [-0.2, 0) is 13.1 Å². The van der Waals surface area contributed by atoms with Gasteiger partial charge in [0, 0.05) is 23.4 Å². The molecule has 0 saturated heterocycles. The highest BCUT2D eigenvalue weighted by Crippen LogP contribution is 2.18. The minimum Gasteiger partial charge on any atom is -0.357 e. The summed E-state index contributed by atoms with van der Waals surface area (Å²) in [6, 6.07) is 26.1. The van der Waals surface area contributed by atoms with Crippen molar-refractivity contribution in [3.8, 4) is 5.69 Å². The van der Waals surface area contributed by atoms with E-state index in [-0.39, 0.29) is 6.03 Å². The second-order valence-electron chi connectivity index (χ2n) is 7.19. The molecule has 0 saturated carbocycles. The maximum Gasteiger partial charge on any atom is 0.315 e. The van der Waals surface area contributed by atoms with Crippen LogP contribution >= 0.6 is 0 Å². The molecule has 5 rings (SSSR count). The molecule has 2 aromatic heterocycles. The van der Waals surface area contributed by atoms with Crippen molar-refractivity contribution >= 4 is 28.0 Å². The lowest BCUT2D eigenvalue weighted by Gasteiger charge is -2.09. The second-order valence-corrected chi connectivity index (χ2v) is 7.19. The highest BCUT2D eigenvalue weighted by Gasteiger charge is 2.06. The number of rotatable bonds is 5. The lowest BCUT2D eigenvalue weighted by Crippen LogP contribution is -2.34. The van der Waals surface area contributed by atoms with Gasteiger partial charge in [-0.1, -0.05) is 42.5 Å². The van der Waals surface area contributed by atoms with Crippen LogP contribution in [0.15, 0.2) is 85.2 Å². The third-order valence-corrected chi connectivity index (χ3v) is 5.15. The van der Waals surface area contributed by atoms with Crippen LogP contribution in [-0.4, -0.2) is 20.6 Å². The molecule has 0 unspecified atom stereocenters. The van der Waals surface area contributed by atoms with Crippen molar-refractivity contribution in [2.75, 3.05) is 0 Å². The molecule has 6 nitrogen and oxygen atoms in total. The Balaban J connectivity index is 1.17. The van der Waals surface area contributed by atoms with Gasteiger partial charge in [0.15, 0.2) is 0 Å². The number of hydrogen-bond acceptors (Lipinski definition) is 2. The zero-order valence-electron chi connectivity index (χ0n) is 16.3. The van der Waals surface area contributed by atoms with Crippen molar-refractivity contribution in [2.45, 2.75) is 13.1 Å². The van der Waals surface area contributed by atoms with E-state index in [1.54, 1.807) is 0 Å². The predicted octanol–water partition coefficient (Wildman–Crippen LogP) is 4.51. The Labute approximate surface area is 173 Å². The zero-order chi connectivity index (χ0) is 20.3. The summed E-state index contributed by atoms with van der Waals surface area (Å²) in [6.45, 7) is 0.913. The fourth-order valence-electron chi connectivity index (χ4n) is 3.59. The molecule has 6 heteroatoms. The van der Waals surface area contributed by atoms with Crippen LogP contribution < -0.4 is 10.6 Å². The number of urea groups is 1. The number of imidazole rings is 1. The van der Waals surface area contributed by atoms with E-state index in [4.69, 9.17) is 0 Å². The Bertz CT molecular complexity index is 1280. The number of aromatic nitrogens is 3. The molecule has 0 aliphatic carbocycles. The summed E-state index contributed by atoms with van der Waals surface area (Å²) in [5.74, 6) is 0. The molecule has 2 amide bonds. The van der Waals surface area contributed by atoms with Crippen LogP contribution in [0.1, 0.15) is 11.3 Å². The molecule has 0 aliphatic rings. The van der Waals surface area contributed by atoms with Gasteiger partial charge < -0.3 is 15.6 Å². The van der Waals surface area contributed by atoms with Crippen molar-refractivity contribution in [1.29, 1.82) is 0 Å². The number of carbonyl (C=O) groups is 1. The summed E-state index contributed by atoms with van der Waals surface area (Å²) < 4.78 is 2.06. The van der Waals surface area contributed by atoms with E-state index in [2.05, 4.69) is 31.2 Å². The van der Waals surface area contributed by atoms with Crippen LogP contribution in [0.4, 0.5) is 4.79 Å². The van der Waals surface area contributed by atoms with E-state index >= 15 is 0 Å². The van der Waals surface area contributed by atoms with Gasteiger partial charge >= 0.3 is 6.03 Å². The van der Waals surface area contributed by atoms with Crippen molar-refractivity contribution in [1.82, 2.24) is 25.2 Å². The molecule has 0 bridgehead atoms. The summed E-state index contributed by atoms with van der Waals surface area (Å²) in [5, 5.41) is 6.93. The molecule has 3 aromatic carbocycles. The summed E-state index contributed by atoms with van der Waals surface area (Å²) in [5.41, 5.74) is 6.15. The van der Waals surface area contributed by atoms with Gasteiger partial charge in [0.05, 0.1) is 17.6 Å². The maximum absolute atomic E-state index is 12.2. The molecule has 0 fully saturated rings. The predicted molar refractivity (Wildman–Crippen MR) is 118 cm³/mol. The lowest BCUT2D eigenvalue weighted by atomic mass is 10.2. The first-order valence-electron chi connectivity index (χ1n) is 9.86. The zero-order valence-corrected chi connectivity index (χ0v) is 16.3. The number of fused-ring (bicyclic) bond motifs is 2. The van der Waals surface area contributed by atoms with Crippen LogP contribution in [0, 0.1) is 0 Å². The molecular formula is C24H21N5O. The van der Waals surface area contributed by atoms with Crippen LogP contribution in [0.3, 0.4) is 0 Å². The smallest absolute Gasteiger partial charge is 0.315 e. The highest BCUT2D eigenvalue weighted by molar-refractivity contribution is 5.80. The largest absolute Gasteiger partial charge is 0.357 e. The molecule has 0 radical (unpaired) electrons. The number of hydrogen-bond donors (Lipinski definition) is 3. The Morgan fingerprint density at radius 2 is 1.67 bits per heavy atom. The topological polar surface area (TPSA) is 74.7 Å². The van der Waals surface area contributed by atoms with Gasteiger partial charge in [0.2, 0.25) is 0 Å². The van der Waals surface area contributed by atoms with Gasteiger partial charge in [-0.25, -0.2) is 9.78 Å². The molecular weight excluding hydrogens is 374 g/mol. The Morgan fingerprint density at radius 3 is 2.53 bits per heavy atom.